The van der Waals surface area contributed by atoms with Crippen LogP contribution in [0.25, 0.3) is 0 Å². The van der Waals surface area contributed by atoms with Gasteiger partial charge in [0.05, 0.1) is 12.0 Å². The maximum absolute atomic E-state index is 10.3. The van der Waals surface area contributed by atoms with Crippen LogP contribution < -0.4 is 5.32 Å². The molecule has 1 radical (unpaired) electrons. The topological polar surface area (TPSA) is 42.2 Å². The molecule has 1 aromatic rings. The van der Waals surface area contributed by atoms with E-state index in [0.717, 1.165) is 0 Å². The normalized spacial score (nSPS) is 9.00. The predicted molar refractivity (Wildman–Crippen MR) is 31.8 cm³/mol. The Hall–Kier alpha value is -1.25. The Bertz CT molecular complexity index is 191. The Morgan fingerprint density at radius 1 is 1.89 bits per heavy atom. The van der Waals surface area contributed by atoms with Gasteiger partial charge in [0.25, 0.3) is 0 Å². The van der Waals surface area contributed by atoms with Gasteiger partial charge >= 0.3 is 0 Å². The highest BCUT2D eigenvalue weighted by molar-refractivity contribution is 5.88. The van der Waals surface area contributed by atoms with Crippen LogP contribution in [-0.4, -0.2) is 5.91 Å². The molecule has 9 heavy (non-hydrogen) atoms. The molecule has 0 aromatic carbocycles. The lowest BCUT2D eigenvalue weighted by molar-refractivity contribution is -0.114. The lowest BCUT2D eigenvalue weighted by Gasteiger charge is -1.91. The Balaban J connectivity index is 2.58. The lowest BCUT2D eigenvalue weighted by atomic mass is 10.5. The van der Waals surface area contributed by atoms with E-state index in [2.05, 4.69) is 16.0 Å². The number of carbonyl (C=O) groups excluding carboxylic acids is 1. The number of anilines is 1. The standard InChI is InChI=1S/C6H6NO2/c1-5(8)7-6-2-3-9-4-6/h2-3H,1H3,(H,7,8). The molecule has 0 fully saturated rings. The van der Waals surface area contributed by atoms with Gasteiger partial charge in [-0.2, -0.15) is 0 Å². The molecule has 1 rings (SSSR count). The summed E-state index contributed by atoms with van der Waals surface area (Å²) in [6, 6.07) is 1.63. The number of nitrogens with one attached hydrogen (secondary N) is 1. The third-order valence-corrected chi connectivity index (χ3v) is 0.782. The molecule has 0 aliphatic heterocycles. The smallest absolute Gasteiger partial charge is 0.221 e. The summed E-state index contributed by atoms with van der Waals surface area (Å²) in [4.78, 5) is 10.3. The Kier molecular flexibility index (Phi) is 1.53. The van der Waals surface area contributed by atoms with Gasteiger partial charge < -0.3 is 9.73 Å². The minimum Gasteiger partial charge on any atom is -0.459 e. The van der Waals surface area contributed by atoms with Crippen molar-refractivity contribution < 1.29 is 9.21 Å². The summed E-state index contributed by atoms with van der Waals surface area (Å²) < 4.78 is 4.58. The van der Waals surface area contributed by atoms with Gasteiger partial charge in [0, 0.05) is 13.0 Å². The first-order valence-corrected chi connectivity index (χ1v) is 2.52. The molecule has 1 heterocycles. The van der Waals surface area contributed by atoms with Gasteiger partial charge in [0.15, 0.2) is 6.26 Å². The summed E-state index contributed by atoms with van der Waals surface area (Å²) in [6.45, 7) is 1.43. The Morgan fingerprint density at radius 2 is 2.67 bits per heavy atom. The van der Waals surface area contributed by atoms with Gasteiger partial charge in [-0.05, 0) is 0 Å². The molecule has 1 N–H and O–H groups in total. The number of hydrogen-bond donors (Lipinski definition) is 1. The van der Waals surface area contributed by atoms with E-state index >= 15 is 0 Å². The number of furan rings is 1. The van der Waals surface area contributed by atoms with E-state index in [9.17, 15) is 4.79 Å². The van der Waals surface area contributed by atoms with Crippen molar-refractivity contribution in [2.45, 2.75) is 6.92 Å². The number of rotatable bonds is 1. The molecule has 0 saturated carbocycles. The summed E-state index contributed by atoms with van der Waals surface area (Å²) in [5, 5.41) is 2.50. The van der Waals surface area contributed by atoms with E-state index in [1.54, 1.807) is 6.07 Å². The van der Waals surface area contributed by atoms with E-state index in [1.807, 2.05) is 0 Å². The van der Waals surface area contributed by atoms with Crippen molar-refractivity contribution in [3.63, 3.8) is 0 Å². The summed E-state index contributed by atoms with van der Waals surface area (Å²) in [5.74, 6) is -0.118. The molecule has 1 amide bonds. The highest BCUT2D eigenvalue weighted by Gasteiger charge is 1.94. The second-order valence-electron chi connectivity index (χ2n) is 1.62. The van der Waals surface area contributed by atoms with Crippen LogP contribution >= 0.6 is 0 Å². The largest absolute Gasteiger partial charge is 0.459 e. The first kappa shape index (κ1) is 5.88. The molecule has 0 aliphatic carbocycles. The van der Waals surface area contributed by atoms with E-state index in [-0.39, 0.29) is 5.91 Å². The quantitative estimate of drug-likeness (QED) is 0.607. The summed E-state index contributed by atoms with van der Waals surface area (Å²) in [5.41, 5.74) is 0.572. The summed E-state index contributed by atoms with van der Waals surface area (Å²) in [7, 11) is 0. The third kappa shape index (κ3) is 1.60. The zero-order chi connectivity index (χ0) is 6.69. The highest BCUT2D eigenvalue weighted by Crippen LogP contribution is 2.03. The van der Waals surface area contributed by atoms with Crippen LogP contribution in [0.4, 0.5) is 5.69 Å². The van der Waals surface area contributed by atoms with Crippen molar-refractivity contribution in [1.29, 1.82) is 0 Å². The minimum atomic E-state index is -0.118. The fourth-order valence-electron chi connectivity index (χ4n) is 0.490. The molecule has 0 unspecified atom stereocenters. The maximum atomic E-state index is 10.3. The first-order chi connectivity index (χ1) is 4.29. The third-order valence-electron chi connectivity index (χ3n) is 0.782. The predicted octanol–water partition coefficient (Wildman–Crippen LogP) is 1.04. The fraction of sp³-hybridized carbons (Fsp3) is 0.167. The van der Waals surface area contributed by atoms with Crippen LogP contribution in [0.3, 0.4) is 0 Å². The zero-order valence-electron chi connectivity index (χ0n) is 4.97. The molecule has 47 valence electrons. The molecule has 0 saturated heterocycles. The van der Waals surface area contributed by atoms with Crippen LogP contribution in [0.5, 0.6) is 0 Å². The Labute approximate surface area is 52.7 Å². The van der Waals surface area contributed by atoms with Crippen molar-refractivity contribution in [2.75, 3.05) is 5.32 Å². The average Bonchev–Trinajstić information content (AvgIpc) is 2.15. The van der Waals surface area contributed by atoms with Crippen LogP contribution in [0, 0.1) is 6.26 Å². The van der Waals surface area contributed by atoms with Crippen molar-refractivity contribution in [1.82, 2.24) is 0 Å². The van der Waals surface area contributed by atoms with Crippen LogP contribution in [-0.2, 0) is 4.79 Å². The molecular weight excluding hydrogens is 118 g/mol. The maximum Gasteiger partial charge on any atom is 0.221 e. The van der Waals surface area contributed by atoms with E-state index in [1.165, 1.54) is 13.2 Å². The number of hydrogen-bond acceptors (Lipinski definition) is 2. The van der Waals surface area contributed by atoms with Crippen LogP contribution in [0.15, 0.2) is 16.7 Å². The second kappa shape index (κ2) is 2.35. The number of amides is 1. The molecule has 0 spiro atoms. The number of carbonyl (C=O) groups is 1. The van der Waals surface area contributed by atoms with Gasteiger partial charge in [-0.25, -0.2) is 0 Å². The molecule has 3 heteroatoms. The SMILES string of the molecule is CC(=O)Nc1[c]occ1. The second-order valence-corrected chi connectivity index (χ2v) is 1.62. The van der Waals surface area contributed by atoms with Crippen LogP contribution in [0.2, 0.25) is 0 Å². The summed E-state index contributed by atoms with van der Waals surface area (Å²) in [6.07, 6.45) is 3.91. The summed E-state index contributed by atoms with van der Waals surface area (Å²) >= 11 is 0. The highest BCUT2D eigenvalue weighted by atomic mass is 16.3. The Morgan fingerprint density at radius 3 is 3.11 bits per heavy atom. The molecule has 3 nitrogen and oxygen atoms in total. The fourth-order valence-corrected chi connectivity index (χ4v) is 0.490. The van der Waals surface area contributed by atoms with Gasteiger partial charge in [-0.1, -0.05) is 0 Å². The van der Waals surface area contributed by atoms with Gasteiger partial charge in [0.2, 0.25) is 5.91 Å². The van der Waals surface area contributed by atoms with Crippen molar-refractivity contribution in [2.24, 2.45) is 0 Å². The first-order valence-electron chi connectivity index (χ1n) is 2.52. The zero-order valence-corrected chi connectivity index (χ0v) is 4.97. The van der Waals surface area contributed by atoms with E-state index in [0.29, 0.717) is 5.69 Å². The molecule has 0 bridgehead atoms. The van der Waals surface area contributed by atoms with Crippen molar-refractivity contribution in [3.05, 3.63) is 18.6 Å². The molecule has 0 atom stereocenters. The molecule has 1 aromatic heterocycles. The average molecular weight is 124 g/mol. The van der Waals surface area contributed by atoms with E-state index < -0.39 is 0 Å². The van der Waals surface area contributed by atoms with Gasteiger partial charge in [-0.15, -0.1) is 0 Å². The van der Waals surface area contributed by atoms with Crippen molar-refractivity contribution in [3.8, 4) is 0 Å². The lowest BCUT2D eigenvalue weighted by Crippen LogP contribution is -2.04. The van der Waals surface area contributed by atoms with Gasteiger partial charge in [-0.3, -0.25) is 4.79 Å². The van der Waals surface area contributed by atoms with E-state index in [4.69, 9.17) is 0 Å². The molecular formula is C6H6NO2. The minimum absolute atomic E-state index is 0.118. The van der Waals surface area contributed by atoms with Crippen LogP contribution in [0.1, 0.15) is 6.92 Å². The monoisotopic (exact) mass is 124 g/mol. The van der Waals surface area contributed by atoms with Gasteiger partial charge in [0.1, 0.15) is 0 Å². The molecule has 0 aliphatic rings. The van der Waals surface area contributed by atoms with Crippen molar-refractivity contribution >= 4 is 11.6 Å².